The van der Waals surface area contributed by atoms with Gasteiger partial charge in [0.05, 0.1) is 6.61 Å². The van der Waals surface area contributed by atoms with Crippen molar-refractivity contribution in [1.29, 1.82) is 0 Å². The van der Waals surface area contributed by atoms with Gasteiger partial charge < -0.3 is 19.5 Å². The van der Waals surface area contributed by atoms with E-state index in [0.29, 0.717) is 41.5 Å². The van der Waals surface area contributed by atoms with Crippen LogP contribution in [-0.2, 0) is 16.0 Å². The maximum atomic E-state index is 13.9. The molecule has 1 heterocycles. The molecule has 0 unspecified atom stereocenters. The number of aliphatic hydroxyl groups excluding tert-OH is 1. The number of aliphatic hydroxyl groups is 1. The van der Waals surface area contributed by atoms with E-state index in [0.717, 1.165) is 5.56 Å². The number of rotatable bonds is 10. The highest BCUT2D eigenvalue weighted by molar-refractivity contribution is 6.01. The van der Waals surface area contributed by atoms with Crippen molar-refractivity contribution < 1.29 is 19.4 Å². The molecule has 37 heavy (non-hydrogen) atoms. The zero-order valence-electron chi connectivity index (χ0n) is 20.8. The minimum atomic E-state index is -1.34. The van der Waals surface area contributed by atoms with E-state index < -0.39 is 11.6 Å². The minimum Gasteiger partial charge on any atom is -0.494 e. The van der Waals surface area contributed by atoms with Gasteiger partial charge in [-0.3, -0.25) is 4.79 Å². The van der Waals surface area contributed by atoms with Crippen LogP contribution < -0.4 is 4.74 Å². The molecule has 1 aliphatic rings. The summed E-state index contributed by atoms with van der Waals surface area (Å²) in [6, 6.07) is 24.0. The first-order valence-corrected chi connectivity index (χ1v) is 12.0. The van der Waals surface area contributed by atoms with Crippen molar-refractivity contribution in [2.24, 2.45) is 10.1 Å². The highest BCUT2D eigenvalue weighted by Crippen LogP contribution is 2.44. The summed E-state index contributed by atoms with van der Waals surface area (Å²) in [6.45, 7) is 0.475. The van der Waals surface area contributed by atoms with Crippen LogP contribution in [0.3, 0.4) is 0 Å². The predicted molar refractivity (Wildman–Crippen MR) is 141 cm³/mol. The van der Waals surface area contributed by atoms with Gasteiger partial charge in [0.25, 0.3) is 5.91 Å². The zero-order valence-corrected chi connectivity index (χ0v) is 20.8. The van der Waals surface area contributed by atoms with Crippen molar-refractivity contribution in [3.8, 4) is 5.75 Å². The second-order valence-corrected chi connectivity index (χ2v) is 8.89. The first-order chi connectivity index (χ1) is 18.0. The largest absolute Gasteiger partial charge is 0.494 e. The van der Waals surface area contributed by atoms with Gasteiger partial charge in [0.15, 0.2) is 11.6 Å². The van der Waals surface area contributed by atoms with Crippen LogP contribution in [0, 0.1) is 0 Å². The number of carbonyl (C=O) groups is 1. The zero-order chi connectivity index (χ0) is 26.3. The van der Waals surface area contributed by atoms with E-state index in [1.165, 1.54) is 4.90 Å². The molecule has 1 amide bonds. The molecule has 0 spiro atoms. The number of azide groups is 1. The number of likely N-dealkylation sites (N-methyl/N-ethyl adjacent to an activating group) is 1. The third-order valence-corrected chi connectivity index (χ3v) is 6.12. The standard InChI is InChI=1S/C28H29N5O4/c1-33(2)27(35)28(19-22-11-6-7-12-24(22)31-32-29)25(20-9-4-3-5-10-20)37-26(30-28)21-13-15-23(16-14-21)36-18-8-17-34/h3-7,9-16,25,34H,8,17-19H2,1-2H3/t25-,28-/m1/s1. The summed E-state index contributed by atoms with van der Waals surface area (Å²) in [5.74, 6) is 0.776. The number of hydrogen-bond acceptors (Lipinski definition) is 6. The molecule has 9 nitrogen and oxygen atoms in total. The average molecular weight is 500 g/mol. The van der Waals surface area contributed by atoms with Crippen molar-refractivity contribution in [2.75, 3.05) is 27.3 Å². The van der Waals surface area contributed by atoms with Crippen LogP contribution in [0.2, 0.25) is 0 Å². The molecule has 9 heteroatoms. The van der Waals surface area contributed by atoms with Crippen LogP contribution in [0.5, 0.6) is 5.75 Å². The topological polar surface area (TPSA) is 120 Å². The van der Waals surface area contributed by atoms with Crippen molar-refractivity contribution >= 4 is 17.5 Å². The van der Waals surface area contributed by atoms with Gasteiger partial charge in [-0.05, 0) is 40.9 Å². The van der Waals surface area contributed by atoms with Gasteiger partial charge in [-0.2, -0.15) is 0 Å². The van der Waals surface area contributed by atoms with Crippen molar-refractivity contribution in [3.63, 3.8) is 0 Å². The maximum absolute atomic E-state index is 13.9. The van der Waals surface area contributed by atoms with Crippen LogP contribution >= 0.6 is 0 Å². The number of hydrogen-bond donors (Lipinski definition) is 1. The summed E-state index contributed by atoms with van der Waals surface area (Å²) in [4.78, 5) is 23.3. The Kier molecular flexibility index (Phi) is 8.08. The smallest absolute Gasteiger partial charge is 0.254 e. The van der Waals surface area contributed by atoms with Gasteiger partial charge in [-0.1, -0.05) is 59.7 Å². The number of amides is 1. The molecule has 3 aromatic carbocycles. The lowest BCUT2D eigenvalue weighted by atomic mass is 9.81. The molecular formula is C28H29N5O4. The molecule has 4 rings (SSSR count). The van der Waals surface area contributed by atoms with E-state index in [4.69, 9.17) is 25.1 Å². The van der Waals surface area contributed by atoms with Crippen molar-refractivity contribution in [3.05, 3.63) is 106 Å². The SMILES string of the molecule is CN(C)C(=O)[C@]1(Cc2ccccc2N=[N+]=[N-])N=C(c2ccc(OCCCO)cc2)O[C@@H]1c1ccccc1. The molecule has 3 aromatic rings. The second kappa shape index (κ2) is 11.6. The van der Waals surface area contributed by atoms with Gasteiger partial charge in [0.2, 0.25) is 5.90 Å². The van der Waals surface area contributed by atoms with Gasteiger partial charge in [-0.15, -0.1) is 0 Å². The van der Waals surface area contributed by atoms with Crippen LogP contribution in [0.1, 0.15) is 29.2 Å². The molecule has 0 saturated heterocycles. The van der Waals surface area contributed by atoms with Gasteiger partial charge >= 0.3 is 0 Å². The third-order valence-electron chi connectivity index (χ3n) is 6.12. The van der Waals surface area contributed by atoms with Crippen LogP contribution in [0.25, 0.3) is 10.4 Å². The Morgan fingerprint density at radius 2 is 1.81 bits per heavy atom. The Morgan fingerprint density at radius 3 is 2.49 bits per heavy atom. The Balaban J connectivity index is 1.81. The number of nitrogens with zero attached hydrogens (tertiary/aromatic N) is 5. The van der Waals surface area contributed by atoms with E-state index in [1.54, 1.807) is 38.4 Å². The summed E-state index contributed by atoms with van der Waals surface area (Å²) >= 11 is 0. The normalized spacial score (nSPS) is 18.4. The van der Waals surface area contributed by atoms with Crippen LogP contribution in [-0.4, -0.2) is 54.7 Å². The van der Waals surface area contributed by atoms with E-state index in [1.807, 2.05) is 54.6 Å². The molecule has 0 aromatic heterocycles. The summed E-state index contributed by atoms with van der Waals surface area (Å²) in [7, 11) is 3.38. The third kappa shape index (κ3) is 5.58. The molecule has 0 aliphatic carbocycles. The van der Waals surface area contributed by atoms with Crippen LogP contribution in [0.15, 0.2) is 89.0 Å². The Hall–Kier alpha value is -4.33. The molecule has 190 valence electrons. The summed E-state index contributed by atoms with van der Waals surface area (Å²) in [6.07, 6.45) is 0.00571. The number of ether oxygens (including phenoxy) is 2. The average Bonchev–Trinajstić information content (AvgIpc) is 3.31. The lowest BCUT2D eigenvalue weighted by Crippen LogP contribution is -2.49. The van der Waals surface area contributed by atoms with Gasteiger partial charge in [0.1, 0.15) is 5.75 Å². The van der Waals surface area contributed by atoms with E-state index in [9.17, 15) is 4.79 Å². The van der Waals surface area contributed by atoms with Crippen LogP contribution in [0.4, 0.5) is 5.69 Å². The fourth-order valence-corrected chi connectivity index (χ4v) is 4.38. The number of benzene rings is 3. The Morgan fingerprint density at radius 1 is 1.11 bits per heavy atom. The molecular weight excluding hydrogens is 470 g/mol. The highest BCUT2D eigenvalue weighted by Gasteiger charge is 2.54. The Bertz CT molecular complexity index is 1300. The summed E-state index contributed by atoms with van der Waals surface area (Å²) in [5, 5.41) is 12.8. The molecule has 0 saturated carbocycles. The summed E-state index contributed by atoms with van der Waals surface area (Å²) in [5.41, 5.74) is 10.4. The first kappa shape index (κ1) is 25.8. The lowest BCUT2D eigenvalue weighted by molar-refractivity contribution is -0.137. The highest BCUT2D eigenvalue weighted by atomic mass is 16.5. The fraction of sp³-hybridized carbons (Fsp3) is 0.286. The summed E-state index contributed by atoms with van der Waals surface area (Å²) < 4.78 is 12.1. The Labute approximate surface area is 215 Å². The number of aliphatic imine (C=N–C) groups is 1. The molecule has 0 radical (unpaired) electrons. The van der Waals surface area contributed by atoms with E-state index >= 15 is 0 Å². The van der Waals surface area contributed by atoms with E-state index in [2.05, 4.69) is 10.0 Å². The van der Waals surface area contributed by atoms with Crippen molar-refractivity contribution in [1.82, 2.24) is 4.90 Å². The maximum Gasteiger partial charge on any atom is 0.254 e. The first-order valence-electron chi connectivity index (χ1n) is 12.0. The minimum absolute atomic E-state index is 0.0639. The molecule has 2 atom stereocenters. The molecule has 1 aliphatic heterocycles. The number of carbonyl (C=O) groups excluding carboxylic acids is 1. The second-order valence-electron chi connectivity index (χ2n) is 8.89. The monoisotopic (exact) mass is 499 g/mol. The lowest BCUT2D eigenvalue weighted by Gasteiger charge is -2.33. The molecule has 0 bridgehead atoms. The molecule has 1 N–H and O–H groups in total. The van der Waals surface area contributed by atoms with E-state index in [-0.39, 0.29) is 18.9 Å². The van der Waals surface area contributed by atoms with Crippen molar-refractivity contribution in [2.45, 2.75) is 24.5 Å². The quantitative estimate of drug-likeness (QED) is 0.183. The fourth-order valence-electron chi connectivity index (χ4n) is 4.38. The van der Waals surface area contributed by atoms with Gasteiger partial charge in [0, 0.05) is 49.7 Å². The molecule has 0 fully saturated rings. The predicted octanol–water partition coefficient (Wildman–Crippen LogP) is 4.98. The van der Waals surface area contributed by atoms with Gasteiger partial charge in [-0.25, -0.2) is 4.99 Å².